The number of nitrogens with one attached hydrogen (secondary N) is 1. The summed E-state index contributed by atoms with van der Waals surface area (Å²) in [5, 5.41) is 2.89. The van der Waals surface area contributed by atoms with Gasteiger partial charge in [-0.1, -0.05) is 30.3 Å². The number of carbonyl (C=O) groups excluding carboxylic acids is 2. The van der Waals surface area contributed by atoms with E-state index in [9.17, 15) is 9.59 Å². The summed E-state index contributed by atoms with van der Waals surface area (Å²) in [5.41, 5.74) is 3.80. The molecule has 1 heterocycles. The molecular weight excluding hydrogens is 368 g/mol. The van der Waals surface area contributed by atoms with Crippen LogP contribution in [0.4, 0.5) is 11.4 Å². The molecule has 1 aliphatic heterocycles. The number of carbonyl (C=O) groups is 2. The SMILES string of the molecule is Cc1ccccc1C(=O)Nc1ccc(C(=O)N2CCSc3ccccc32)cc1. The molecule has 140 valence electrons. The second kappa shape index (κ2) is 7.90. The van der Waals surface area contributed by atoms with Gasteiger partial charge in [-0.3, -0.25) is 9.59 Å². The number of nitrogens with zero attached hydrogens (tertiary/aromatic N) is 1. The number of anilines is 2. The van der Waals surface area contributed by atoms with Crippen molar-refractivity contribution in [1.29, 1.82) is 0 Å². The molecule has 0 saturated carbocycles. The Morgan fingerprint density at radius 2 is 1.64 bits per heavy atom. The lowest BCUT2D eigenvalue weighted by Gasteiger charge is -2.29. The van der Waals surface area contributed by atoms with E-state index in [4.69, 9.17) is 0 Å². The highest BCUT2D eigenvalue weighted by molar-refractivity contribution is 7.99. The Balaban J connectivity index is 1.50. The largest absolute Gasteiger partial charge is 0.322 e. The van der Waals surface area contributed by atoms with Gasteiger partial charge in [0.05, 0.1) is 5.69 Å². The number of para-hydroxylation sites is 1. The molecule has 0 bridgehead atoms. The van der Waals surface area contributed by atoms with E-state index >= 15 is 0 Å². The predicted octanol–water partition coefficient (Wildman–Crippen LogP) is 5.00. The first kappa shape index (κ1) is 18.3. The van der Waals surface area contributed by atoms with Crippen molar-refractivity contribution in [3.8, 4) is 0 Å². The van der Waals surface area contributed by atoms with Gasteiger partial charge in [-0.05, 0) is 55.0 Å². The van der Waals surface area contributed by atoms with Gasteiger partial charge in [-0.25, -0.2) is 0 Å². The number of aryl methyl sites for hydroxylation is 1. The van der Waals surface area contributed by atoms with Gasteiger partial charge in [0.25, 0.3) is 11.8 Å². The summed E-state index contributed by atoms with van der Waals surface area (Å²) in [6.07, 6.45) is 0. The van der Waals surface area contributed by atoms with Gasteiger partial charge < -0.3 is 10.2 Å². The normalized spacial score (nSPS) is 13.0. The molecule has 3 aromatic carbocycles. The molecule has 0 unspecified atom stereocenters. The maximum Gasteiger partial charge on any atom is 0.258 e. The van der Waals surface area contributed by atoms with Crippen LogP contribution in [-0.2, 0) is 0 Å². The van der Waals surface area contributed by atoms with Gasteiger partial charge in [-0.15, -0.1) is 11.8 Å². The van der Waals surface area contributed by atoms with Crippen molar-refractivity contribution >= 4 is 35.0 Å². The van der Waals surface area contributed by atoms with Gasteiger partial charge in [0.15, 0.2) is 0 Å². The number of hydrogen-bond acceptors (Lipinski definition) is 3. The third-order valence-corrected chi connectivity index (χ3v) is 5.80. The van der Waals surface area contributed by atoms with Gasteiger partial charge in [-0.2, -0.15) is 0 Å². The minimum Gasteiger partial charge on any atom is -0.322 e. The van der Waals surface area contributed by atoms with Crippen LogP contribution < -0.4 is 10.2 Å². The number of amides is 2. The Morgan fingerprint density at radius 3 is 2.43 bits per heavy atom. The minimum atomic E-state index is -0.154. The summed E-state index contributed by atoms with van der Waals surface area (Å²) < 4.78 is 0. The zero-order chi connectivity index (χ0) is 19.5. The standard InChI is InChI=1S/C23H20N2O2S/c1-16-6-2-3-7-19(16)22(26)24-18-12-10-17(11-13-18)23(27)25-14-15-28-21-9-5-4-8-20(21)25/h2-13H,14-15H2,1H3,(H,24,26). The molecule has 0 spiro atoms. The third-order valence-electron chi connectivity index (χ3n) is 4.75. The molecule has 0 radical (unpaired) electrons. The molecule has 0 aromatic heterocycles. The van der Waals surface area contributed by atoms with E-state index < -0.39 is 0 Å². The number of thioether (sulfide) groups is 1. The molecule has 4 rings (SSSR count). The van der Waals surface area contributed by atoms with E-state index in [1.54, 1.807) is 42.1 Å². The lowest BCUT2D eigenvalue weighted by Crippen LogP contribution is -2.35. The minimum absolute atomic E-state index is 0.0236. The van der Waals surface area contributed by atoms with Crippen molar-refractivity contribution in [2.45, 2.75) is 11.8 Å². The van der Waals surface area contributed by atoms with Gasteiger partial charge in [0.2, 0.25) is 0 Å². The van der Waals surface area contributed by atoms with Crippen LogP contribution in [0.2, 0.25) is 0 Å². The summed E-state index contributed by atoms with van der Waals surface area (Å²) in [6.45, 7) is 2.59. The van der Waals surface area contributed by atoms with Crippen LogP contribution in [0.15, 0.2) is 77.7 Å². The van der Waals surface area contributed by atoms with Crippen LogP contribution in [0, 0.1) is 6.92 Å². The van der Waals surface area contributed by atoms with Crippen molar-refractivity contribution < 1.29 is 9.59 Å². The second-order valence-corrected chi connectivity index (χ2v) is 7.76. The Hall–Kier alpha value is -3.05. The first-order valence-electron chi connectivity index (χ1n) is 9.14. The average molecular weight is 388 g/mol. The van der Waals surface area contributed by atoms with Crippen molar-refractivity contribution in [2.75, 3.05) is 22.5 Å². The monoisotopic (exact) mass is 388 g/mol. The highest BCUT2D eigenvalue weighted by Crippen LogP contribution is 2.35. The topological polar surface area (TPSA) is 49.4 Å². The summed E-state index contributed by atoms with van der Waals surface area (Å²) in [7, 11) is 0. The van der Waals surface area contributed by atoms with E-state index in [0.717, 1.165) is 21.9 Å². The first-order valence-corrected chi connectivity index (χ1v) is 10.1. The molecule has 1 aliphatic rings. The number of fused-ring (bicyclic) bond motifs is 1. The van der Waals surface area contributed by atoms with Crippen molar-refractivity contribution in [3.05, 3.63) is 89.5 Å². The molecule has 1 N–H and O–H groups in total. The molecule has 0 saturated heterocycles. The zero-order valence-electron chi connectivity index (χ0n) is 15.5. The fourth-order valence-corrected chi connectivity index (χ4v) is 4.25. The number of rotatable bonds is 3. The highest BCUT2D eigenvalue weighted by Gasteiger charge is 2.23. The lowest BCUT2D eigenvalue weighted by molar-refractivity contribution is 0.0986. The Bertz CT molecular complexity index is 1030. The molecule has 5 heteroatoms. The summed E-state index contributed by atoms with van der Waals surface area (Å²) in [6, 6.07) is 22.5. The second-order valence-electron chi connectivity index (χ2n) is 6.62. The van der Waals surface area contributed by atoms with Gasteiger partial charge in [0, 0.05) is 34.0 Å². The number of hydrogen-bond donors (Lipinski definition) is 1. The highest BCUT2D eigenvalue weighted by atomic mass is 32.2. The van der Waals surface area contributed by atoms with Crippen molar-refractivity contribution in [1.82, 2.24) is 0 Å². The van der Waals surface area contributed by atoms with E-state index in [0.29, 0.717) is 23.4 Å². The Kier molecular flexibility index (Phi) is 5.17. The van der Waals surface area contributed by atoms with Crippen LogP contribution in [0.3, 0.4) is 0 Å². The zero-order valence-corrected chi connectivity index (χ0v) is 16.3. The van der Waals surface area contributed by atoms with E-state index in [1.165, 1.54) is 0 Å². The van der Waals surface area contributed by atoms with Gasteiger partial charge in [0.1, 0.15) is 0 Å². The van der Waals surface area contributed by atoms with Gasteiger partial charge >= 0.3 is 0 Å². The molecule has 3 aromatic rings. The lowest BCUT2D eigenvalue weighted by atomic mass is 10.1. The summed E-state index contributed by atoms with van der Waals surface area (Å²) >= 11 is 1.77. The van der Waals surface area contributed by atoms with E-state index in [1.807, 2.05) is 54.3 Å². The molecule has 4 nitrogen and oxygen atoms in total. The smallest absolute Gasteiger partial charge is 0.258 e. The fraction of sp³-hybridized carbons (Fsp3) is 0.130. The van der Waals surface area contributed by atoms with Crippen LogP contribution >= 0.6 is 11.8 Å². The molecule has 28 heavy (non-hydrogen) atoms. The fourth-order valence-electron chi connectivity index (χ4n) is 3.26. The maximum atomic E-state index is 13.0. The molecule has 2 amide bonds. The number of benzene rings is 3. The first-order chi connectivity index (χ1) is 13.6. The Labute approximate surface area is 168 Å². The Morgan fingerprint density at radius 1 is 0.929 bits per heavy atom. The van der Waals surface area contributed by atoms with Crippen LogP contribution in [0.5, 0.6) is 0 Å². The predicted molar refractivity (Wildman–Crippen MR) is 114 cm³/mol. The quantitative estimate of drug-likeness (QED) is 0.687. The average Bonchev–Trinajstić information content (AvgIpc) is 2.73. The molecular formula is C23H20N2O2S. The van der Waals surface area contributed by atoms with E-state index in [2.05, 4.69) is 5.32 Å². The van der Waals surface area contributed by atoms with Crippen molar-refractivity contribution in [3.63, 3.8) is 0 Å². The summed E-state index contributed by atoms with van der Waals surface area (Å²) in [5.74, 6) is 0.705. The van der Waals surface area contributed by atoms with Crippen molar-refractivity contribution in [2.24, 2.45) is 0 Å². The third kappa shape index (κ3) is 3.66. The van der Waals surface area contributed by atoms with Crippen LogP contribution in [-0.4, -0.2) is 24.1 Å². The van der Waals surface area contributed by atoms with Crippen LogP contribution in [0.25, 0.3) is 0 Å². The van der Waals surface area contributed by atoms with E-state index in [-0.39, 0.29) is 11.8 Å². The molecule has 0 atom stereocenters. The molecule has 0 aliphatic carbocycles. The van der Waals surface area contributed by atoms with Crippen LogP contribution in [0.1, 0.15) is 26.3 Å². The maximum absolute atomic E-state index is 13.0. The molecule has 0 fully saturated rings. The summed E-state index contributed by atoms with van der Waals surface area (Å²) in [4.78, 5) is 28.4.